The van der Waals surface area contributed by atoms with Crippen molar-refractivity contribution in [2.45, 2.75) is 19.8 Å². The molecule has 1 aliphatic rings. The van der Waals surface area contributed by atoms with Gasteiger partial charge in [0, 0.05) is 13.1 Å². The SMILES string of the molecule is CCN(CC1CC1)C(=O)Nc1ccc(O)cc1C(=O)O. The van der Waals surface area contributed by atoms with E-state index in [1.807, 2.05) is 6.92 Å². The van der Waals surface area contributed by atoms with Gasteiger partial charge in [-0.3, -0.25) is 0 Å². The van der Waals surface area contributed by atoms with Gasteiger partial charge in [-0.05, 0) is 43.9 Å². The van der Waals surface area contributed by atoms with Gasteiger partial charge in [-0.25, -0.2) is 9.59 Å². The molecule has 0 aliphatic heterocycles. The number of benzene rings is 1. The first-order chi connectivity index (χ1) is 9.51. The molecule has 1 aromatic carbocycles. The predicted octanol–water partition coefficient (Wildman–Crippen LogP) is 2.35. The van der Waals surface area contributed by atoms with Crippen molar-refractivity contribution >= 4 is 17.7 Å². The third kappa shape index (κ3) is 3.40. The van der Waals surface area contributed by atoms with Crippen LogP contribution in [0.5, 0.6) is 5.75 Å². The molecular weight excluding hydrogens is 260 g/mol. The predicted molar refractivity (Wildman–Crippen MR) is 74.1 cm³/mol. The summed E-state index contributed by atoms with van der Waals surface area (Å²) in [6, 6.07) is 3.54. The van der Waals surface area contributed by atoms with Crippen molar-refractivity contribution in [2.24, 2.45) is 5.92 Å². The number of phenolic OH excluding ortho intramolecular Hbond substituents is 1. The first-order valence-corrected chi connectivity index (χ1v) is 6.63. The largest absolute Gasteiger partial charge is 0.508 e. The van der Waals surface area contributed by atoms with Gasteiger partial charge in [0.1, 0.15) is 5.75 Å². The number of anilines is 1. The summed E-state index contributed by atoms with van der Waals surface area (Å²) in [6.07, 6.45) is 2.28. The zero-order chi connectivity index (χ0) is 14.7. The Morgan fingerprint density at radius 1 is 1.40 bits per heavy atom. The molecule has 0 spiro atoms. The zero-order valence-electron chi connectivity index (χ0n) is 11.3. The van der Waals surface area contributed by atoms with E-state index in [9.17, 15) is 14.7 Å². The van der Waals surface area contributed by atoms with Crippen LogP contribution in [-0.4, -0.2) is 40.2 Å². The van der Waals surface area contributed by atoms with E-state index in [1.54, 1.807) is 4.90 Å². The molecule has 0 saturated heterocycles. The monoisotopic (exact) mass is 278 g/mol. The number of urea groups is 1. The van der Waals surface area contributed by atoms with Gasteiger partial charge in [0.05, 0.1) is 11.3 Å². The van der Waals surface area contributed by atoms with Crippen LogP contribution < -0.4 is 5.32 Å². The van der Waals surface area contributed by atoms with Crippen molar-refractivity contribution in [3.05, 3.63) is 23.8 Å². The first-order valence-electron chi connectivity index (χ1n) is 6.63. The van der Waals surface area contributed by atoms with Gasteiger partial charge in [-0.2, -0.15) is 0 Å². The Kier molecular flexibility index (Phi) is 4.12. The van der Waals surface area contributed by atoms with Gasteiger partial charge in [0.25, 0.3) is 0 Å². The summed E-state index contributed by atoms with van der Waals surface area (Å²) in [6.45, 7) is 3.16. The minimum Gasteiger partial charge on any atom is -0.508 e. The summed E-state index contributed by atoms with van der Waals surface area (Å²) >= 11 is 0. The summed E-state index contributed by atoms with van der Waals surface area (Å²) in [5.74, 6) is -0.772. The molecule has 0 bridgehead atoms. The Hall–Kier alpha value is -2.24. The molecule has 6 nitrogen and oxygen atoms in total. The van der Waals surface area contributed by atoms with E-state index < -0.39 is 5.97 Å². The van der Waals surface area contributed by atoms with Gasteiger partial charge >= 0.3 is 12.0 Å². The van der Waals surface area contributed by atoms with Crippen LogP contribution in [0.1, 0.15) is 30.1 Å². The number of carbonyl (C=O) groups is 2. The molecule has 1 aliphatic carbocycles. The van der Waals surface area contributed by atoms with Crippen LogP contribution in [0.25, 0.3) is 0 Å². The Morgan fingerprint density at radius 2 is 2.10 bits per heavy atom. The van der Waals surface area contributed by atoms with Gasteiger partial charge in [0.15, 0.2) is 0 Å². The lowest BCUT2D eigenvalue weighted by molar-refractivity contribution is 0.0697. The van der Waals surface area contributed by atoms with Gasteiger partial charge < -0.3 is 20.4 Å². The van der Waals surface area contributed by atoms with Crippen molar-refractivity contribution in [3.8, 4) is 5.75 Å². The summed E-state index contributed by atoms with van der Waals surface area (Å²) < 4.78 is 0. The lowest BCUT2D eigenvalue weighted by atomic mass is 10.1. The van der Waals surface area contributed by atoms with Gasteiger partial charge in [-0.1, -0.05) is 0 Å². The topological polar surface area (TPSA) is 89.9 Å². The maximum Gasteiger partial charge on any atom is 0.337 e. The van der Waals surface area contributed by atoms with Crippen LogP contribution in [0.3, 0.4) is 0 Å². The summed E-state index contributed by atoms with van der Waals surface area (Å²) in [5, 5.41) is 21.0. The Balaban J connectivity index is 2.11. The van der Waals surface area contributed by atoms with Crippen molar-refractivity contribution in [1.29, 1.82) is 0 Å². The minimum atomic E-state index is -1.19. The van der Waals surface area contributed by atoms with Crippen molar-refractivity contribution < 1.29 is 19.8 Å². The number of carbonyl (C=O) groups excluding carboxylic acids is 1. The van der Waals surface area contributed by atoms with Crippen molar-refractivity contribution in [1.82, 2.24) is 4.90 Å². The highest BCUT2D eigenvalue weighted by Gasteiger charge is 2.26. The van der Waals surface area contributed by atoms with E-state index in [0.717, 1.165) is 18.9 Å². The van der Waals surface area contributed by atoms with Crippen LogP contribution in [0, 0.1) is 5.92 Å². The molecule has 108 valence electrons. The highest BCUT2D eigenvalue weighted by Crippen LogP contribution is 2.30. The molecule has 2 amide bonds. The standard InChI is InChI=1S/C14H18N2O4/c1-2-16(8-9-3-4-9)14(20)15-12-6-5-10(17)7-11(12)13(18)19/h5-7,9,17H,2-4,8H2,1H3,(H,15,20)(H,18,19). The highest BCUT2D eigenvalue weighted by atomic mass is 16.4. The van der Waals surface area contributed by atoms with Crippen molar-refractivity contribution in [3.63, 3.8) is 0 Å². The summed E-state index contributed by atoms with van der Waals surface area (Å²) in [4.78, 5) is 24.9. The quantitative estimate of drug-likeness (QED) is 0.721. The number of amides is 2. The number of carboxylic acid groups (broad SMARTS) is 1. The number of rotatable bonds is 5. The van der Waals surface area contributed by atoms with Crippen LogP contribution in [0.2, 0.25) is 0 Å². The summed E-state index contributed by atoms with van der Waals surface area (Å²) in [5.41, 5.74) is 0.0652. The van der Waals surface area contributed by atoms with E-state index in [2.05, 4.69) is 5.32 Å². The minimum absolute atomic E-state index is 0.124. The molecule has 1 saturated carbocycles. The lowest BCUT2D eigenvalue weighted by Crippen LogP contribution is -2.36. The zero-order valence-corrected chi connectivity index (χ0v) is 11.3. The van der Waals surface area contributed by atoms with E-state index in [-0.39, 0.29) is 23.0 Å². The summed E-state index contributed by atoms with van der Waals surface area (Å²) in [7, 11) is 0. The molecule has 2 rings (SSSR count). The van der Waals surface area contributed by atoms with Crippen LogP contribution >= 0.6 is 0 Å². The average Bonchev–Trinajstić information content (AvgIpc) is 3.21. The second-order valence-electron chi connectivity index (χ2n) is 4.95. The second kappa shape index (κ2) is 5.81. The van der Waals surface area contributed by atoms with E-state index in [1.165, 1.54) is 12.1 Å². The van der Waals surface area contributed by atoms with E-state index in [0.29, 0.717) is 19.0 Å². The number of hydrogen-bond donors (Lipinski definition) is 3. The molecule has 20 heavy (non-hydrogen) atoms. The Morgan fingerprint density at radius 3 is 2.65 bits per heavy atom. The molecule has 0 radical (unpaired) electrons. The fraction of sp³-hybridized carbons (Fsp3) is 0.429. The molecular formula is C14H18N2O4. The number of carboxylic acids is 1. The third-order valence-corrected chi connectivity index (χ3v) is 3.32. The third-order valence-electron chi connectivity index (χ3n) is 3.32. The van der Waals surface area contributed by atoms with Gasteiger partial charge in [0.2, 0.25) is 0 Å². The lowest BCUT2D eigenvalue weighted by Gasteiger charge is -2.21. The van der Waals surface area contributed by atoms with E-state index >= 15 is 0 Å². The number of nitrogens with zero attached hydrogens (tertiary/aromatic N) is 1. The van der Waals surface area contributed by atoms with Crippen LogP contribution in [0.4, 0.5) is 10.5 Å². The number of nitrogens with one attached hydrogen (secondary N) is 1. The fourth-order valence-corrected chi connectivity index (χ4v) is 1.98. The molecule has 0 aromatic heterocycles. The molecule has 1 aromatic rings. The Labute approximate surface area is 117 Å². The number of aromatic hydroxyl groups is 1. The second-order valence-corrected chi connectivity index (χ2v) is 4.95. The number of aromatic carboxylic acids is 1. The molecule has 6 heteroatoms. The molecule has 0 atom stereocenters. The van der Waals surface area contributed by atoms with Crippen LogP contribution in [0.15, 0.2) is 18.2 Å². The first kappa shape index (κ1) is 14.2. The maximum absolute atomic E-state index is 12.1. The number of hydrogen-bond acceptors (Lipinski definition) is 3. The normalized spacial score (nSPS) is 13.8. The fourth-order valence-electron chi connectivity index (χ4n) is 1.98. The van der Waals surface area contributed by atoms with Crippen molar-refractivity contribution in [2.75, 3.05) is 18.4 Å². The average molecular weight is 278 g/mol. The van der Waals surface area contributed by atoms with Gasteiger partial charge in [-0.15, -0.1) is 0 Å². The maximum atomic E-state index is 12.1. The highest BCUT2D eigenvalue weighted by molar-refractivity contribution is 6.00. The molecule has 3 N–H and O–H groups in total. The van der Waals surface area contributed by atoms with E-state index in [4.69, 9.17) is 5.11 Å². The molecule has 1 fully saturated rings. The smallest absolute Gasteiger partial charge is 0.337 e. The number of phenols is 1. The van der Waals surface area contributed by atoms with Crippen LogP contribution in [-0.2, 0) is 0 Å². The molecule has 0 unspecified atom stereocenters. The Bertz CT molecular complexity index is 526. The molecule has 0 heterocycles.